The van der Waals surface area contributed by atoms with Gasteiger partial charge in [-0.3, -0.25) is 4.79 Å². The normalized spacial score (nSPS) is 16.2. The quantitative estimate of drug-likeness (QED) is 0.879. The van der Waals surface area contributed by atoms with Crippen LogP contribution in [-0.4, -0.2) is 24.0 Å². The van der Waals surface area contributed by atoms with E-state index in [1.807, 2.05) is 0 Å². The number of hydrogen-bond donors (Lipinski definition) is 2. The SMILES string of the molecule is CNc1ncc(Br)cc1C(=O)NC(C)CC1CC1. The molecule has 1 saturated carbocycles. The zero-order chi connectivity index (χ0) is 13.1. The Kier molecular flexibility index (Phi) is 4.22. The second-order valence-electron chi connectivity index (χ2n) is 4.85. The molecule has 0 aliphatic heterocycles. The van der Waals surface area contributed by atoms with Gasteiger partial charge in [0.1, 0.15) is 5.82 Å². The monoisotopic (exact) mass is 311 g/mol. The Morgan fingerprint density at radius 2 is 2.33 bits per heavy atom. The van der Waals surface area contributed by atoms with Gasteiger partial charge >= 0.3 is 0 Å². The third-order valence-corrected chi connectivity index (χ3v) is 3.53. The maximum Gasteiger partial charge on any atom is 0.255 e. The predicted molar refractivity (Wildman–Crippen MR) is 75.8 cm³/mol. The number of nitrogens with one attached hydrogen (secondary N) is 2. The summed E-state index contributed by atoms with van der Waals surface area (Å²) in [5.74, 6) is 1.35. The van der Waals surface area contributed by atoms with Crippen molar-refractivity contribution in [1.82, 2.24) is 10.3 Å². The summed E-state index contributed by atoms with van der Waals surface area (Å²) in [4.78, 5) is 16.4. The number of anilines is 1. The number of rotatable bonds is 5. The second kappa shape index (κ2) is 5.69. The molecule has 1 aromatic rings. The first-order valence-electron chi connectivity index (χ1n) is 6.24. The number of hydrogen-bond acceptors (Lipinski definition) is 3. The summed E-state index contributed by atoms with van der Waals surface area (Å²) in [5.41, 5.74) is 0.578. The summed E-state index contributed by atoms with van der Waals surface area (Å²) >= 11 is 3.34. The first-order chi connectivity index (χ1) is 8.60. The summed E-state index contributed by atoms with van der Waals surface area (Å²) in [6.07, 6.45) is 5.36. The van der Waals surface area contributed by atoms with Gasteiger partial charge in [0.15, 0.2) is 0 Å². The van der Waals surface area contributed by atoms with Gasteiger partial charge in [0.2, 0.25) is 0 Å². The molecule has 1 aliphatic rings. The van der Waals surface area contributed by atoms with Crippen LogP contribution in [0, 0.1) is 5.92 Å². The van der Waals surface area contributed by atoms with Gasteiger partial charge in [-0.2, -0.15) is 0 Å². The Hall–Kier alpha value is -1.10. The minimum atomic E-state index is -0.0682. The van der Waals surface area contributed by atoms with E-state index in [-0.39, 0.29) is 11.9 Å². The minimum Gasteiger partial charge on any atom is -0.372 e. The van der Waals surface area contributed by atoms with E-state index in [0.29, 0.717) is 11.4 Å². The van der Waals surface area contributed by atoms with Crippen molar-refractivity contribution in [1.29, 1.82) is 0 Å². The molecule has 1 unspecified atom stereocenters. The van der Waals surface area contributed by atoms with E-state index in [2.05, 4.69) is 38.5 Å². The number of halogens is 1. The lowest BCUT2D eigenvalue weighted by Gasteiger charge is -2.15. The van der Waals surface area contributed by atoms with Gasteiger partial charge in [-0.25, -0.2) is 4.98 Å². The lowest BCUT2D eigenvalue weighted by atomic mass is 10.1. The standard InChI is InChI=1S/C13H18BrN3O/c1-8(5-9-3-4-9)17-13(18)11-6-10(14)7-16-12(11)15-2/h6-9H,3-5H2,1-2H3,(H,15,16)(H,17,18). The van der Waals surface area contributed by atoms with E-state index in [1.54, 1.807) is 19.3 Å². The molecule has 1 aliphatic carbocycles. The van der Waals surface area contributed by atoms with Crippen LogP contribution in [0.25, 0.3) is 0 Å². The number of carbonyl (C=O) groups excluding carboxylic acids is 1. The molecule has 4 nitrogen and oxygen atoms in total. The molecule has 0 aromatic carbocycles. The number of aromatic nitrogens is 1. The average molecular weight is 312 g/mol. The summed E-state index contributed by atoms with van der Waals surface area (Å²) in [6, 6.07) is 2.01. The van der Waals surface area contributed by atoms with E-state index < -0.39 is 0 Å². The molecule has 5 heteroatoms. The fourth-order valence-electron chi connectivity index (χ4n) is 2.03. The van der Waals surface area contributed by atoms with Gasteiger partial charge < -0.3 is 10.6 Å². The maximum absolute atomic E-state index is 12.2. The summed E-state index contributed by atoms with van der Waals surface area (Å²) in [5, 5.41) is 5.97. The van der Waals surface area contributed by atoms with Crippen molar-refractivity contribution in [2.75, 3.05) is 12.4 Å². The Balaban J connectivity index is 2.04. The van der Waals surface area contributed by atoms with Crippen LogP contribution in [0.4, 0.5) is 5.82 Å². The van der Waals surface area contributed by atoms with Gasteiger partial charge in [0.05, 0.1) is 5.56 Å². The summed E-state index contributed by atoms with van der Waals surface area (Å²) in [7, 11) is 1.76. The third kappa shape index (κ3) is 3.45. The van der Waals surface area contributed by atoms with Crippen LogP contribution >= 0.6 is 15.9 Å². The third-order valence-electron chi connectivity index (χ3n) is 3.10. The van der Waals surface area contributed by atoms with Gasteiger partial charge in [0, 0.05) is 23.8 Å². The van der Waals surface area contributed by atoms with Crippen molar-refractivity contribution >= 4 is 27.7 Å². The summed E-state index contributed by atoms with van der Waals surface area (Å²) in [6.45, 7) is 2.06. The second-order valence-corrected chi connectivity index (χ2v) is 5.77. The Morgan fingerprint density at radius 1 is 1.61 bits per heavy atom. The van der Waals surface area contributed by atoms with Crippen LogP contribution in [0.5, 0.6) is 0 Å². The lowest BCUT2D eigenvalue weighted by Crippen LogP contribution is -2.33. The molecule has 0 radical (unpaired) electrons. The van der Waals surface area contributed by atoms with E-state index in [4.69, 9.17) is 0 Å². The van der Waals surface area contributed by atoms with E-state index in [1.165, 1.54) is 12.8 Å². The van der Waals surface area contributed by atoms with Crippen LogP contribution in [0.1, 0.15) is 36.5 Å². The molecule has 0 bridgehead atoms. The number of nitrogens with zero attached hydrogens (tertiary/aromatic N) is 1. The van der Waals surface area contributed by atoms with Crippen LogP contribution in [0.2, 0.25) is 0 Å². The Labute approximate surface area is 116 Å². The fraction of sp³-hybridized carbons (Fsp3) is 0.538. The molecule has 0 saturated heterocycles. The number of amides is 1. The number of carbonyl (C=O) groups is 1. The van der Waals surface area contributed by atoms with Crippen molar-refractivity contribution in [3.8, 4) is 0 Å². The highest BCUT2D eigenvalue weighted by Gasteiger charge is 2.24. The topological polar surface area (TPSA) is 54.0 Å². The van der Waals surface area contributed by atoms with Crippen LogP contribution < -0.4 is 10.6 Å². The van der Waals surface area contributed by atoms with E-state index in [9.17, 15) is 4.79 Å². The van der Waals surface area contributed by atoms with E-state index >= 15 is 0 Å². The van der Waals surface area contributed by atoms with Crippen molar-refractivity contribution < 1.29 is 4.79 Å². The molecule has 0 spiro atoms. The van der Waals surface area contributed by atoms with Crippen molar-refractivity contribution in [3.63, 3.8) is 0 Å². The molecular formula is C13H18BrN3O. The van der Waals surface area contributed by atoms with E-state index in [0.717, 1.165) is 16.8 Å². The minimum absolute atomic E-state index is 0.0682. The lowest BCUT2D eigenvalue weighted by molar-refractivity contribution is 0.0938. The van der Waals surface area contributed by atoms with Crippen molar-refractivity contribution in [2.45, 2.75) is 32.2 Å². The molecule has 1 fully saturated rings. The molecule has 1 aromatic heterocycles. The predicted octanol–water partition coefficient (Wildman–Crippen LogP) is 2.80. The van der Waals surface area contributed by atoms with Crippen molar-refractivity contribution in [2.24, 2.45) is 5.92 Å². The zero-order valence-electron chi connectivity index (χ0n) is 10.7. The largest absolute Gasteiger partial charge is 0.372 e. The molecule has 2 N–H and O–H groups in total. The molecule has 1 amide bonds. The Morgan fingerprint density at radius 3 is 2.94 bits per heavy atom. The average Bonchev–Trinajstić information content (AvgIpc) is 3.12. The van der Waals surface area contributed by atoms with Crippen LogP contribution in [0.15, 0.2) is 16.7 Å². The molecule has 2 rings (SSSR count). The smallest absolute Gasteiger partial charge is 0.255 e. The highest BCUT2D eigenvalue weighted by atomic mass is 79.9. The molecule has 18 heavy (non-hydrogen) atoms. The van der Waals surface area contributed by atoms with Crippen LogP contribution in [0.3, 0.4) is 0 Å². The first-order valence-corrected chi connectivity index (χ1v) is 7.03. The maximum atomic E-state index is 12.2. The number of pyridine rings is 1. The molecule has 1 heterocycles. The van der Waals surface area contributed by atoms with Gasteiger partial charge in [-0.15, -0.1) is 0 Å². The zero-order valence-corrected chi connectivity index (χ0v) is 12.3. The first kappa shape index (κ1) is 13.3. The summed E-state index contributed by atoms with van der Waals surface area (Å²) < 4.78 is 0.807. The van der Waals surface area contributed by atoms with Gasteiger partial charge in [-0.1, -0.05) is 12.8 Å². The van der Waals surface area contributed by atoms with Crippen LogP contribution in [-0.2, 0) is 0 Å². The van der Waals surface area contributed by atoms with Gasteiger partial charge in [0.25, 0.3) is 5.91 Å². The van der Waals surface area contributed by atoms with Gasteiger partial charge in [-0.05, 0) is 41.3 Å². The molecular weight excluding hydrogens is 294 g/mol. The van der Waals surface area contributed by atoms with Crippen molar-refractivity contribution in [3.05, 3.63) is 22.3 Å². The Bertz CT molecular complexity index is 446. The molecule has 1 atom stereocenters. The highest BCUT2D eigenvalue weighted by Crippen LogP contribution is 2.33. The molecule has 98 valence electrons. The highest BCUT2D eigenvalue weighted by molar-refractivity contribution is 9.10. The fourth-order valence-corrected chi connectivity index (χ4v) is 2.36.